The van der Waals surface area contributed by atoms with E-state index in [4.69, 9.17) is 9.47 Å². The molecule has 8 nitrogen and oxygen atoms in total. The molecule has 0 N–H and O–H groups in total. The summed E-state index contributed by atoms with van der Waals surface area (Å²) in [6.07, 6.45) is 7.88. The number of anilines is 1. The molecule has 37 heavy (non-hydrogen) atoms. The van der Waals surface area contributed by atoms with E-state index in [9.17, 15) is 9.18 Å². The van der Waals surface area contributed by atoms with Crippen molar-refractivity contribution in [2.24, 2.45) is 11.3 Å². The Bertz CT molecular complexity index is 1090. The molecule has 0 unspecified atom stereocenters. The van der Waals surface area contributed by atoms with Gasteiger partial charge >= 0.3 is 0 Å². The number of halogens is 1. The van der Waals surface area contributed by atoms with Gasteiger partial charge in [-0.3, -0.25) is 4.79 Å². The van der Waals surface area contributed by atoms with Crippen LogP contribution in [-0.4, -0.2) is 84.7 Å². The molecular formula is C28H38FN5O3. The lowest BCUT2D eigenvalue weighted by molar-refractivity contribution is 0.0296. The highest BCUT2D eigenvalue weighted by Crippen LogP contribution is 2.45. The first kappa shape index (κ1) is 25.9. The Labute approximate surface area is 218 Å². The Balaban J connectivity index is 1.24. The van der Waals surface area contributed by atoms with E-state index in [2.05, 4.69) is 19.8 Å². The second kappa shape index (κ2) is 10.9. The lowest BCUT2D eigenvalue weighted by Crippen LogP contribution is -2.61. The summed E-state index contributed by atoms with van der Waals surface area (Å²) in [7, 11) is 1.70. The smallest absolute Gasteiger partial charge is 0.257 e. The summed E-state index contributed by atoms with van der Waals surface area (Å²) >= 11 is 0. The predicted octanol–water partition coefficient (Wildman–Crippen LogP) is 4.22. The van der Waals surface area contributed by atoms with Gasteiger partial charge in [0, 0.05) is 51.4 Å². The molecule has 3 aliphatic heterocycles. The highest BCUT2D eigenvalue weighted by Gasteiger charge is 2.46. The first-order valence-corrected chi connectivity index (χ1v) is 13.4. The summed E-state index contributed by atoms with van der Waals surface area (Å²) in [6.45, 7) is 11.0. The molecule has 5 rings (SSSR count). The molecule has 3 aliphatic rings. The van der Waals surface area contributed by atoms with E-state index in [1.54, 1.807) is 18.1 Å². The van der Waals surface area contributed by atoms with Gasteiger partial charge in [0.2, 0.25) is 0 Å². The van der Waals surface area contributed by atoms with Crippen LogP contribution in [0.25, 0.3) is 0 Å². The number of aromatic nitrogens is 2. The van der Waals surface area contributed by atoms with Crippen LogP contribution in [0.4, 0.5) is 10.2 Å². The maximum absolute atomic E-state index is 14.1. The Morgan fingerprint density at radius 3 is 2.65 bits per heavy atom. The molecule has 9 heteroatoms. The first-order chi connectivity index (χ1) is 17.8. The van der Waals surface area contributed by atoms with Crippen LogP contribution in [0.2, 0.25) is 0 Å². The third-order valence-corrected chi connectivity index (χ3v) is 8.27. The Hall–Kier alpha value is -2.78. The molecule has 2 aromatic rings. The third-order valence-electron chi connectivity index (χ3n) is 8.27. The normalized spacial score (nSPS) is 20.2. The quantitative estimate of drug-likeness (QED) is 0.551. The number of ether oxygens (including phenoxy) is 2. The molecule has 1 aromatic carbocycles. The van der Waals surface area contributed by atoms with E-state index in [0.717, 1.165) is 45.3 Å². The van der Waals surface area contributed by atoms with Gasteiger partial charge in [-0.1, -0.05) is 0 Å². The van der Waals surface area contributed by atoms with Crippen LogP contribution in [0.5, 0.6) is 11.5 Å². The summed E-state index contributed by atoms with van der Waals surface area (Å²) in [4.78, 5) is 28.1. The maximum Gasteiger partial charge on any atom is 0.257 e. The predicted molar refractivity (Wildman–Crippen MR) is 140 cm³/mol. The van der Waals surface area contributed by atoms with Crippen LogP contribution < -0.4 is 9.64 Å². The molecule has 1 amide bonds. The van der Waals surface area contributed by atoms with Crippen molar-refractivity contribution in [3.8, 4) is 11.5 Å². The maximum atomic E-state index is 14.1. The van der Waals surface area contributed by atoms with Crippen LogP contribution in [0.3, 0.4) is 0 Å². The van der Waals surface area contributed by atoms with Crippen LogP contribution in [0.15, 0.2) is 30.7 Å². The van der Waals surface area contributed by atoms with Gasteiger partial charge in [0.05, 0.1) is 11.8 Å². The highest BCUT2D eigenvalue weighted by molar-refractivity contribution is 5.97. The summed E-state index contributed by atoms with van der Waals surface area (Å²) in [6, 6.07) is 4.00. The standard InChI is InChI=1S/C28H38FN5O3/c1-20(2)32(3)27(35)23-14-22(29)4-5-24(23)37-25-15-30-19-31-26(25)34-17-28(18-34)8-10-33(11-9-28)16-21-6-12-36-13-7-21/h4-5,14-15,19-21H,6-13,16-18H2,1-3H3. The van der Waals surface area contributed by atoms with Gasteiger partial charge in [0.1, 0.15) is 17.9 Å². The summed E-state index contributed by atoms with van der Waals surface area (Å²) in [5, 5.41) is 0. The van der Waals surface area contributed by atoms with Gasteiger partial charge in [0.15, 0.2) is 11.6 Å². The van der Waals surface area contributed by atoms with Crippen molar-refractivity contribution in [2.75, 3.05) is 57.9 Å². The number of hydrogen-bond acceptors (Lipinski definition) is 7. The second-order valence-corrected chi connectivity index (χ2v) is 11.2. The first-order valence-electron chi connectivity index (χ1n) is 13.4. The molecule has 0 bridgehead atoms. The van der Waals surface area contributed by atoms with Crippen molar-refractivity contribution in [3.05, 3.63) is 42.1 Å². The minimum atomic E-state index is -0.481. The molecule has 4 heterocycles. The van der Waals surface area contributed by atoms with E-state index in [1.165, 1.54) is 56.8 Å². The van der Waals surface area contributed by atoms with Crippen LogP contribution in [0.1, 0.15) is 49.9 Å². The zero-order chi connectivity index (χ0) is 26.0. The van der Waals surface area contributed by atoms with Crippen LogP contribution in [-0.2, 0) is 4.74 Å². The number of benzene rings is 1. The second-order valence-electron chi connectivity index (χ2n) is 11.2. The molecule has 200 valence electrons. The van der Waals surface area contributed by atoms with Crippen molar-refractivity contribution in [1.82, 2.24) is 19.8 Å². The number of rotatable bonds is 7. The number of hydrogen-bond donors (Lipinski definition) is 0. The molecule has 1 spiro atoms. The highest BCUT2D eigenvalue weighted by atomic mass is 19.1. The van der Waals surface area contributed by atoms with E-state index in [0.29, 0.717) is 22.7 Å². The molecule has 0 aliphatic carbocycles. The van der Waals surface area contributed by atoms with Crippen molar-refractivity contribution in [1.29, 1.82) is 0 Å². The summed E-state index contributed by atoms with van der Waals surface area (Å²) < 4.78 is 25.8. The Morgan fingerprint density at radius 2 is 1.95 bits per heavy atom. The van der Waals surface area contributed by atoms with E-state index in [1.807, 2.05) is 13.8 Å². The van der Waals surface area contributed by atoms with Gasteiger partial charge in [0.25, 0.3) is 5.91 Å². The molecule has 1 aromatic heterocycles. The summed E-state index contributed by atoms with van der Waals surface area (Å²) in [5.41, 5.74) is 0.494. The average Bonchev–Trinajstić information content (AvgIpc) is 2.89. The minimum absolute atomic E-state index is 0.0281. The van der Waals surface area contributed by atoms with Crippen molar-refractivity contribution in [3.63, 3.8) is 0 Å². The topological polar surface area (TPSA) is 71.0 Å². The van der Waals surface area contributed by atoms with Gasteiger partial charge < -0.3 is 24.2 Å². The molecular weight excluding hydrogens is 473 g/mol. The third kappa shape index (κ3) is 5.72. The number of piperidine rings is 1. The van der Waals surface area contributed by atoms with E-state index in [-0.39, 0.29) is 17.5 Å². The van der Waals surface area contributed by atoms with E-state index < -0.39 is 5.82 Å². The molecule has 0 saturated carbocycles. The zero-order valence-electron chi connectivity index (χ0n) is 22.2. The van der Waals surface area contributed by atoms with Crippen LogP contribution >= 0.6 is 0 Å². The average molecular weight is 512 g/mol. The van der Waals surface area contributed by atoms with E-state index >= 15 is 0 Å². The van der Waals surface area contributed by atoms with Gasteiger partial charge in [-0.2, -0.15) is 0 Å². The number of likely N-dealkylation sites (tertiary alicyclic amines) is 1. The fraction of sp³-hybridized carbons (Fsp3) is 0.607. The largest absolute Gasteiger partial charge is 0.451 e. The molecule has 3 saturated heterocycles. The van der Waals surface area contributed by atoms with Gasteiger partial charge in [-0.05, 0) is 76.7 Å². The van der Waals surface area contributed by atoms with Gasteiger partial charge in [-0.15, -0.1) is 0 Å². The van der Waals surface area contributed by atoms with Crippen molar-refractivity contribution in [2.45, 2.75) is 45.6 Å². The fourth-order valence-corrected chi connectivity index (χ4v) is 5.65. The fourth-order valence-electron chi connectivity index (χ4n) is 5.65. The molecule has 3 fully saturated rings. The SMILES string of the molecule is CC(C)N(C)C(=O)c1cc(F)ccc1Oc1cncnc1N1CC2(CCN(CC3CCOCC3)CC2)C1. The lowest BCUT2D eigenvalue weighted by Gasteiger charge is -2.54. The Kier molecular flexibility index (Phi) is 7.62. The van der Waals surface area contributed by atoms with Gasteiger partial charge in [-0.25, -0.2) is 14.4 Å². The number of carbonyl (C=O) groups is 1. The van der Waals surface area contributed by atoms with Crippen LogP contribution in [0, 0.1) is 17.2 Å². The van der Waals surface area contributed by atoms with Crippen molar-refractivity contribution < 1.29 is 18.7 Å². The number of amides is 1. The van der Waals surface area contributed by atoms with Crippen molar-refractivity contribution >= 4 is 11.7 Å². The monoisotopic (exact) mass is 511 g/mol. The molecule has 0 radical (unpaired) electrons. The lowest BCUT2D eigenvalue weighted by atomic mass is 9.72. The summed E-state index contributed by atoms with van der Waals surface area (Å²) in [5.74, 6) is 1.48. The molecule has 0 atom stereocenters. The zero-order valence-corrected chi connectivity index (χ0v) is 22.2. The minimum Gasteiger partial charge on any atom is -0.451 e. The Morgan fingerprint density at radius 1 is 1.22 bits per heavy atom. The number of nitrogens with zero attached hydrogens (tertiary/aromatic N) is 5. The number of carbonyl (C=O) groups excluding carboxylic acids is 1.